The van der Waals surface area contributed by atoms with E-state index in [0.717, 1.165) is 30.8 Å². The molecule has 0 spiro atoms. The maximum Gasteiger partial charge on any atom is 0.223 e. The highest BCUT2D eigenvalue weighted by atomic mass is 16.5. The summed E-state index contributed by atoms with van der Waals surface area (Å²) in [6, 6.07) is 0.243. The third kappa shape index (κ3) is 3.15. The lowest BCUT2D eigenvalue weighted by molar-refractivity contribution is -0.139. The Morgan fingerprint density at radius 2 is 2.32 bits per heavy atom. The summed E-state index contributed by atoms with van der Waals surface area (Å²) in [5.41, 5.74) is 3.24. The Labute approximate surface area is 114 Å². The van der Waals surface area contributed by atoms with Crippen LogP contribution in [-0.4, -0.2) is 46.8 Å². The highest BCUT2D eigenvalue weighted by molar-refractivity contribution is 5.77. The molecular formula is C14H23N3O2. The predicted octanol–water partition coefficient (Wildman–Crippen LogP) is 1.60. The van der Waals surface area contributed by atoms with Crippen LogP contribution in [0.3, 0.4) is 0 Å². The summed E-state index contributed by atoms with van der Waals surface area (Å²) in [7, 11) is 0. The highest BCUT2D eigenvalue weighted by Gasteiger charge is 2.25. The molecule has 5 nitrogen and oxygen atoms in total. The fourth-order valence-electron chi connectivity index (χ4n) is 2.64. The monoisotopic (exact) mass is 265 g/mol. The first kappa shape index (κ1) is 14.1. The van der Waals surface area contributed by atoms with Crippen LogP contribution >= 0.6 is 0 Å². The van der Waals surface area contributed by atoms with E-state index in [1.165, 1.54) is 5.56 Å². The lowest BCUT2D eigenvalue weighted by Gasteiger charge is -2.35. The second-order valence-electron chi connectivity index (χ2n) is 5.14. The minimum atomic E-state index is 0.232. The summed E-state index contributed by atoms with van der Waals surface area (Å²) in [6.45, 7) is 8.14. The van der Waals surface area contributed by atoms with Crippen LogP contribution in [0.4, 0.5) is 0 Å². The van der Waals surface area contributed by atoms with Gasteiger partial charge in [-0.1, -0.05) is 6.92 Å². The first-order chi connectivity index (χ1) is 9.13. The standard InChI is InChI=1S/C14H23N3O2/c1-4-12-9-19-8-7-17(12)14(18)6-5-13-10(2)15-16-11(13)3/h12H,4-9H2,1-3H3,(H,15,16)/t12-/m0/s1. The number of hydrogen-bond acceptors (Lipinski definition) is 3. The van der Waals surface area contributed by atoms with E-state index in [1.807, 2.05) is 18.7 Å². The molecule has 19 heavy (non-hydrogen) atoms. The van der Waals surface area contributed by atoms with Gasteiger partial charge in [-0.15, -0.1) is 0 Å². The van der Waals surface area contributed by atoms with Gasteiger partial charge in [0.05, 0.1) is 24.9 Å². The molecule has 1 N–H and O–H groups in total. The number of nitrogens with one attached hydrogen (secondary N) is 1. The van der Waals surface area contributed by atoms with E-state index in [2.05, 4.69) is 17.1 Å². The molecule has 1 aliphatic rings. The minimum absolute atomic E-state index is 0.232. The Balaban J connectivity index is 1.93. The molecule has 0 bridgehead atoms. The molecule has 1 aromatic heterocycles. The molecule has 106 valence electrons. The van der Waals surface area contributed by atoms with Gasteiger partial charge >= 0.3 is 0 Å². The average molecular weight is 265 g/mol. The van der Waals surface area contributed by atoms with Gasteiger partial charge in [-0.05, 0) is 32.3 Å². The fourth-order valence-corrected chi connectivity index (χ4v) is 2.64. The van der Waals surface area contributed by atoms with Gasteiger partial charge in [0, 0.05) is 18.7 Å². The van der Waals surface area contributed by atoms with E-state index >= 15 is 0 Å². The fraction of sp³-hybridized carbons (Fsp3) is 0.714. The second kappa shape index (κ2) is 6.19. The van der Waals surface area contributed by atoms with E-state index in [1.54, 1.807) is 0 Å². The number of amides is 1. The first-order valence-electron chi connectivity index (χ1n) is 7.01. The van der Waals surface area contributed by atoms with Crippen molar-refractivity contribution in [3.63, 3.8) is 0 Å². The van der Waals surface area contributed by atoms with Gasteiger partial charge in [-0.2, -0.15) is 5.10 Å². The summed E-state index contributed by atoms with van der Waals surface area (Å²) >= 11 is 0. The zero-order chi connectivity index (χ0) is 13.8. The molecule has 1 aliphatic heterocycles. The summed E-state index contributed by atoms with van der Waals surface area (Å²) in [5.74, 6) is 0.232. The Hall–Kier alpha value is -1.36. The second-order valence-corrected chi connectivity index (χ2v) is 5.14. The maximum absolute atomic E-state index is 12.3. The van der Waals surface area contributed by atoms with Gasteiger partial charge < -0.3 is 9.64 Å². The first-order valence-corrected chi connectivity index (χ1v) is 7.01. The number of hydrogen-bond donors (Lipinski definition) is 1. The SMILES string of the molecule is CC[C@H]1COCCN1C(=O)CCc1c(C)n[nH]c1C. The number of nitrogens with zero attached hydrogens (tertiary/aromatic N) is 2. The van der Waals surface area contributed by atoms with Crippen LogP contribution in [0.25, 0.3) is 0 Å². The number of aromatic amines is 1. The molecule has 2 rings (SSSR count). The highest BCUT2D eigenvalue weighted by Crippen LogP contribution is 2.16. The molecule has 1 amide bonds. The summed E-state index contributed by atoms with van der Waals surface area (Å²) in [4.78, 5) is 14.3. The van der Waals surface area contributed by atoms with Gasteiger partial charge in [-0.25, -0.2) is 0 Å². The largest absolute Gasteiger partial charge is 0.377 e. The molecule has 1 aromatic rings. The van der Waals surface area contributed by atoms with Gasteiger partial charge in [0.2, 0.25) is 5.91 Å². The van der Waals surface area contributed by atoms with Crippen molar-refractivity contribution in [2.45, 2.75) is 46.1 Å². The molecule has 1 atom stereocenters. The molecule has 0 aromatic carbocycles. The van der Waals surface area contributed by atoms with Crippen molar-refractivity contribution >= 4 is 5.91 Å². The third-order valence-corrected chi connectivity index (χ3v) is 3.89. The molecule has 0 unspecified atom stereocenters. The van der Waals surface area contributed by atoms with E-state index < -0.39 is 0 Å². The Bertz CT molecular complexity index is 422. The van der Waals surface area contributed by atoms with Gasteiger partial charge in [0.1, 0.15) is 0 Å². The van der Waals surface area contributed by atoms with Crippen molar-refractivity contribution in [1.29, 1.82) is 0 Å². The topological polar surface area (TPSA) is 58.2 Å². The number of carbonyl (C=O) groups is 1. The van der Waals surface area contributed by atoms with Crippen molar-refractivity contribution in [3.8, 4) is 0 Å². The average Bonchev–Trinajstić information content (AvgIpc) is 2.75. The number of ether oxygens (including phenoxy) is 1. The number of aromatic nitrogens is 2. The van der Waals surface area contributed by atoms with Crippen molar-refractivity contribution in [3.05, 3.63) is 17.0 Å². The summed E-state index contributed by atoms with van der Waals surface area (Å²) in [6.07, 6.45) is 2.27. The molecule has 1 fully saturated rings. The van der Waals surface area contributed by atoms with Crippen molar-refractivity contribution in [2.75, 3.05) is 19.8 Å². The van der Waals surface area contributed by atoms with Crippen molar-refractivity contribution in [1.82, 2.24) is 15.1 Å². The van der Waals surface area contributed by atoms with E-state index in [-0.39, 0.29) is 11.9 Å². The van der Waals surface area contributed by atoms with Crippen LogP contribution in [0.1, 0.15) is 36.7 Å². The van der Waals surface area contributed by atoms with Crippen LogP contribution in [0.2, 0.25) is 0 Å². The van der Waals surface area contributed by atoms with Gasteiger partial charge in [0.15, 0.2) is 0 Å². The number of aryl methyl sites for hydroxylation is 2. The zero-order valence-electron chi connectivity index (χ0n) is 12.0. The molecule has 0 aliphatic carbocycles. The van der Waals surface area contributed by atoms with Crippen molar-refractivity contribution in [2.24, 2.45) is 0 Å². The van der Waals surface area contributed by atoms with Gasteiger partial charge in [-0.3, -0.25) is 9.89 Å². The number of rotatable bonds is 4. The number of H-pyrrole nitrogens is 1. The van der Waals surface area contributed by atoms with Crippen LogP contribution in [0, 0.1) is 13.8 Å². The molecular weight excluding hydrogens is 242 g/mol. The minimum Gasteiger partial charge on any atom is -0.377 e. The molecule has 1 saturated heterocycles. The Kier molecular flexibility index (Phi) is 4.58. The van der Waals surface area contributed by atoms with Crippen LogP contribution < -0.4 is 0 Å². The van der Waals surface area contributed by atoms with Crippen molar-refractivity contribution < 1.29 is 9.53 Å². The number of morpholine rings is 1. The lowest BCUT2D eigenvalue weighted by Crippen LogP contribution is -2.48. The quantitative estimate of drug-likeness (QED) is 0.899. The zero-order valence-corrected chi connectivity index (χ0v) is 12.0. The molecule has 5 heteroatoms. The van der Waals surface area contributed by atoms with Crippen LogP contribution in [0.5, 0.6) is 0 Å². The Morgan fingerprint density at radius 3 is 2.95 bits per heavy atom. The Morgan fingerprint density at radius 1 is 1.53 bits per heavy atom. The van der Waals surface area contributed by atoms with E-state index in [0.29, 0.717) is 19.6 Å². The smallest absolute Gasteiger partial charge is 0.223 e. The maximum atomic E-state index is 12.3. The predicted molar refractivity (Wildman–Crippen MR) is 73.0 cm³/mol. The van der Waals surface area contributed by atoms with Crippen LogP contribution in [0.15, 0.2) is 0 Å². The van der Waals surface area contributed by atoms with E-state index in [4.69, 9.17) is 4.74 Å². The van der Waals surface area contributed by atoms with Gasteiger partial charge in [0.25, 0.3) is 0 Å². The molecule has 0 radical (unpaired) electrons. The summed E-state index contributed by atoms with van der Waals surface area (Å²) < 4.78 is 5.43. The third-order valence-electron chi connectivity index (χ3n) is 3.89. The molecule has 0 saturated carbocycles. The number of carbonyl (C=O) groups excluding carboxylic acids is 1. The molecule has 2 heterocycles. The van der Waals surface area contributed by atoms with Crippen LogP contribution in [-0.2, 0) is 16.0 Å². The lowest BCUT2D eigenvalue weighted by atomic mass is 10.1. The summed E-state index contributed by atoms with van der Waals surface area (Å²) in [5, 5.41) is 7.13. The normalized spacial score (nSPS) is 19.7. The van der Waals surface area contributed by atoms with E-state index in [9.17, 15) is 4.79 Å².